The van der Waals surface area contributed by atoms with Crippen LogP contribution in [0.5, 0.6) is 11.5 Å². The predicted octanol–water partition coefficient (Wildman–Crippen LogP) is 7.39. The Morgan fingerprint density at radius 2 is 1.76 bits per heavy atom. The second-order valence-electron chi connectivity index (χ2n) is 7.50. The molecule has 0 atom stereocenters. The van der Waals surface area contributed by atoms with Crippen molar-refractivity contribution in [1.82, 2.24) is 5.32 Å². The van der Waals surface area contributed by atoms with Gasteiger partial charge in [0.2, 0.25) is 0 Å². The Bertz CT molecular complexity index is 1260. The van der Waals surface area contributed by atoms with E-state index in [1.807, 2.05) is 80.6 Å². The summed E-state index contributed by atoms with van der Waals surface area (Å²) in [5.41, 5.74) is 3.82. The van der Waals surface area contributed by atoms with Crippen LogP contribution in [0.4, 0.5) is 5.69 Å². The molecule has 1 aliphatic heterocycles. The minimum Gasteiger partial charge on any atom is -0.490 e. The van der Waals surface area contributed by atoms with Gasteiger partial charge in [-0.1, -0.05) is 45.8 Å². The fourth-order valence-electron chi connectivity index (χ4n) is 3.18. The standard InChI is InChI=1S/C26H22Br2N2O3S/c1-3-32-22-13-18(12-21(28)24(22)33-15-17-6-8-19(27)9-7-17)14-23-25(31)30-26(34-23)29-20-10-4-16(2)5-11-20/h4-14H,3,15H2,1-2H3,(H,29,30,31)/b23-14-. The smallest absolute Gasteiger partial charge is 0.264 e. The summed E-state index contributed by atoms with van der Waals surface area (Å²) in [7, 11) is 0. The average molecular weight is 602 g/mol. The van der Waals surface area contributed by atoms with Gasteiger partial charge in [-0.05, 0) is 95.1 Å². The molecule has 0 aromatic heterocycles. The zero-order valence-electron chi connectivity index (χ0n) is 18.6. The number of halogens is 2. The van der Waals surface area contributed by atoms with E-state index in [0.29, 0.717) is 34.8 Å². The molecular weight excluding hydrogens is 580 g/mol. The van der Waals surface area contributed by atoms with Crippen LogP contribution >= 0.6 is 43.6 Å². The van der Waals surface area contributed by atoms with Gasteiger partial charge in [0.25, 0.3) is 5.91 Å². The van der Waals surface area contributed by atoms with Gasteiger partial charge in [-0.15, -0.1) is 0 Å². The molecule has 3 aromatic rings. The molecule has 0 saturated carbocycles. The van der Waals surface area contributed by atoms with Gasteiger partial charge in [-0.25, -0.2) is 4.99 Å². The summed E-state index contributed by atoms with van der Waals surface area (Å²) in [5.74, 6) is 1.05. The maximum absolute atomic E-state index is 12.5. The van der Waals surface area contributed by atoms with Crippen LogP contribution in [0.15, 0.2) is 79.5 Å². The van der Waals surface area contributed by atoms with Crippen LogP contribution in [-0.2, 0) is 11.4 Å². The molecule has 1 N–H and O–H groups in total. The molecule has 4 rings (SSSR count). The number of hydrogen-bond donors (Lipinski definition) is 1. The summed E-state index contributed by atoms with van der Waals surface area (Å²) >= 11 is 8.36. The van der Waals surface area contributed by atoms with Crippen LogP contribution in [0.25, 0.3) is 6.08 Å². The summed E-state index contributed by atoms with van der Waals surface area (Å²) < 4.78 is 13.7. The summed E-state index contributed by atoms with van der Waals surface area (Å²) in [6, 6.07) is 19.6. The Morgan fingerprint density at radius 1 is 1.03 bits per heavy atom. The number of amidine groups is 1. The van der Waals surface area contributed by atoms with Crippen LogP contribution in [0.2, 0.25) is 0 Å². The molecule has 1 saturated heterocycles. The van der Waals surface area contributed by atoms with Crippen molar-refractivity contribution in [1.29, 1.82) is 0 Å². The van der Waals surface area contributed by atoms with Crippen LogP contribution in [0.1, 0.15) is 23.6 Å². The largest absolute Gasteiger partial charge is 0.490 e. The maximum atomic E-state index is 12.5. The fraction of sp³-hybridized carbons (Fsp3) is 0.154. The van der Waals surface area contributed by atoms with E-state index in [-0.39, 0.29) is 5.91 Å². The summed E-state index contributed by atoms with van der Waals surface area (Å²) in [4.78, 5) is 17.6. The molecule has 0 spiro atoms. The van der Waals surface area contributed by atoms with E-state index in [4.69, 9.17) is 9.47 Å². The van der Waals surface area contributed by atoms with Crippen molar-refractivity contribution in [2.75, 3.05) is 6.61 Å². The van der Waals surface area contributed by atoms with Gasteiger partial charge in [-0.2, -0.15) is 0 Å². The Labute approximate surface area is 219 Å². The first-order valence-electron chi connectivity index (χ1n) is 10.6. The first-order valence-corrected chi connectivity index (χ1v) is 13.0. The van der Waals surface area contributed by atoms with E-state index in [1.54, 1.807) is 0 Å². The van der Waals surface area contributed by atoms with E-state index in [0.717, 1.165) is 31.3 Å². The SMILES string of the molecule is CCOc1cc(/C=C2\SC(=Nc3ccc(C)cc3)NC2=O)cc(Br)c1OCc1ccc(Br)cc1. The molecule has 1 aliphatic rings. The predicted molar refractivity (Wildman–Crippen MR) is 146 cm³/mol. The lowest BCUT2D eigenvalue weighted by Gasteiger charge is -2.15. The minimum atomic E-state index is -0.180. The van der Waals surface area contributed by atoms with Crippen LogP contribution in [0.3, 0.4) is 0 Å². The highest BCUT2D eigenvalue weighted by Gasteiger charge is 2.24. The van der Waals surface area contributed by atoms with E-state index >= 15 is 0 Å². The van der Waals surface area contributed by atoms with Crippen molar-refractivity contribution in [3.63, 3.8) is 0 Å². The number of rotatable bonds is 7. The molecular formula is C26H22Br2N2O3S. The Balaban J connectivity index is 1.54. The first-order chi connectivity index (χ1) is 16.4. The van der Waals surface area contributed by atoms with Crippen molar-refractivity contribution in [2.45, 2.75) is 20.5 Å². The number of hydrogen-bond acceptors (Lipinski definition) is 5. The third-order valence-electron chi connectivity index (χ3n) is 4.84. The lowest BCUT2D eigenvalue weighted by Crippen LogP contribution is -2.19. The number of carbonyl (C=O) groups excluding carboxylic acids is 1. The normalized spacial score (nSPS) is 15.6. The Kier molecular flexibility index (Phi) is 8.13. The molecule has 3 aromatic carbocycles. The average Bonchev–Trinajstić information content (AvgIpc) is 3.14. The van der Waals surface area contributed by atoms with Crippen molar-refractivity contribution < 1.29 is 14.3 Å². The number of ether oxygens (including phenoxy) is 2. The molecule has 174 valence electrons. The fourth-order valence-corrected chi connectivity index (χ4v) is 4.86. The van der Waals surface area contributed by atoms with Gasteiger partial charge in [0.15, 0.2) is 16.7 Å². The zero-order chi connectivity index (χ0) is 24.1. The number of thioether (sulfide) groups is 1. The van der Waals surface area contributed by atoms with Gasteiger partial charge in [0, 0.05) is 4.47 Å². The van der Waals surface area contributed by atoms with E-state index in [2.05, 4.69) is 42.2 Å². The minimum absolute atomic E-state index is 0.180. The molecule has 34 heavy (non-hydrogen) atoms. The lowest BCUT2D eigenvalue weighted by molar-refractivity contribution is -0.115. The van der Waals surface area contributed by atoms with Gasteiger partial charge < -0.3 is 14.8 Å². The van der Waals surface area contributed by atoms with Crippen molar-refractivity contribution in [3.8, 4) is 11.5 Å². The third kappa shape index (κ3) is 6.31. The maximum Gasteiger partial charge on any atom is 0.264 e. The zero-order valence-corrected chi connectivity index (χ0v) is 22.6. The summed E-state index contributed by atoms with van der Waals surface area (Å²) in [5, 5.41) is 3.38. The summed E-state index contributed by atoms with van der Waals surface area (Å²) in [6.07, 6.45) is 1.82. The lowest BCUT2D eigenvalue weighted by atomic mass is 10.1. The number of carbonyl (C=O) groups is 1. The molecule has 0 aliphatic carbocycles. The summed E-state index contributed by atoms with van der Waals surface area (Å²) in [6.45, 7) is 4.84. The van der Waals surface area contributed by atoms with Crippen LogP contribution < -0.4 is 14.8 Å². The topological polar surface area (TPSA) is 59.9 Å². The van der Waals surface area contributed by atoms with Crippen molar-refractivity contribution >= 4 is 66.5 Å². The van der Waals surface area contributed by atoms with Crippen LogP contribution in [0, 0.1) is 6.92 Å². The highest BCUT2D eigenvalue weighted by molar-refractivity contribution is 9.10. The van der Waals surface area contributed by atoms with Crippen LogP contribution in [-0.4, -0.2) is 17.7 Å². The number of amides is 1. The molecule has 0 unspecified atom stereocenters. The molecule has 8 heteroatoms. The van der Waals surface area contributed by atoms with Gasteiger partial charge in [0.1, 0.15) is 6.61 Å². The van der Waals surface area contributed by atoms with Crippen molar-refractivity contribution in [3.05, 3.63) is 91.2 Å². The van der Waals surface area contributed by atoms with Crippen molar-refractivity contribution in [2.24, 2.45) is 4.99 Å². The number of aliphatic imine (C=N–C) groups is 1. The molecule has 5 nitrogen and oxygen atoms in total. The quantitative estimate of drug-likeness (QED) is 0.287. The number of nitrogens with zero attached hydrogens (tertiary/aromatic N) is 1. The van der Waals surface area contributed by atoms with E-state index < -0.39 is 0 Å². The van der Waals surface area contributed by atoms with Gasteiger partial charge in [0.05, 0.1) is 21.7 Å². The van der Waals surface area contributed by atoms with E-state index in [1.165, 1.54) is 11.8 Å². The number of aryl methyl sites for hydroxylation is 1. The van der Waals surface area contributed by atoms with Gasteiger partial charge >= 0.3 is 0 Å². The molecule has 0 radical (unpaired) electrons. The molecule has 1 heterocycles. The van der Waals surface area contributed by atoms with E-state index in [9.17, 15) is 4.79 Å². The highest BCUT2D eigenvalue weighted by atomic mass is 79.9. The Morgan fingerprint density at radius 3 is 2.47 bits per heavy atom. The monoisotopic (exact) mass is 600 g/mol. The Hall–Kier alpha value is -2.55. The first kappa shape index (κ1) is 24.6. The number of nitrogens with one attached hydrogen (secondary N) is 1. The highest BCUT2D eigenvalue weighted by Crippen LogP contribution is 2.39. The van der Waals surface area contributed by atoms with Gasteiger partial charge in [-0.3, -0.25) is 4.79 Å². The molecule has 1 fully saturated rings. The number of benzene rings is 3. The second-order valence-corrected chi connectivity index (χ2v) is 10.3. The second kappa shape index (κ2) is 11.3. The molecule has 1 amide bonds. The third-order valence-corrected chi connectivity index (χ3v) is 6.87. The molecule has 0 bridgehead atoms.